The molecular formula is C20H23F3N2O2S. The summed E-state index contributed by atoms with van der Waals surface area (Å²) in [4.78, 5) is 24.0. The zero-order valence-corrected chi connectivity index (χ0v) is 16.2. The van der Waals surface area contributed by atoms with E-state index >= 15 is 0 Å². The number of halogens is 3. The SMILES string of the molecule is O=C(CSC12CC3CC(CC(C3)C1)C2)NCC(=O)Nc1ccc(F)c(F)c1F. The molecule has 0 unspecified atom stereocenters. The minimum Gasteiger partial charge on any atom is -0.346 e. The van der Waals surface area contributed by atoms with Crippen LogP contribution in [0.1, 0.15) is 38.5 Å². The van der Waals surface area contributed by atoms with Crippen LogP contribution in [-0.2, 0) is 9.59 Å². The first kappa shape index (κ1) is 19.6. The third-order valence-electron chi connectivity index (χ3n) is 6.25. The quantitative estimate of drug-likeness (QED) is 0.698. The van der Waals surface area contributed by atoms with Crippen LogP contribution in [0.25, 0.3) is 0 Å². The molecule has 0 aromatic heterocycles. The molecule has 0 aliphatic heterocycles. The van der Waals surface area contributed by atoms with Gasteiger partial charge in [-0.1, -0.05) is 0 Å². The third kappa shape index (κ3) is 4.02. The molecule has 2 N–H and O–H groups in total. The fourth-order valence-corrected chi connectivity index (χ4v) is 7.07. The van der Waals surface area contributed by atoms with E-state index < -0.39 is 29.0 Å². The predicted octanol–water partition coefficient (Wildman–Crippen LogP) is 3.86. The number of nitrogens with one attached hydrogen (secondary N) is 2. The lowest BCUT2D eigenvalue weighted by molar-refractivity contribution is -0.122. The van der Waals surface area contributed by atoms with Gasteiger partial charge in [-0.3, -0.25) is 9.59 Å². The fourth-order valence-electron chi connectivity index (χ4n) is 5.47. The molecule has 4 bridgehead atoms. The van der Waals surface area contributed by atoms with Crippen molar-refractivity contribution in [1.82, 2.24) is 5.32 Å². The Bertz CT molecular complexity index is 767. The van der Waals surface area contributed by atoms with Crippen molar-refractivity contribution in [3.63, 3.8) is 0 Å². The highest BCUT2D eigenvalue weighted by Crippen LogP contribution is 2.60. The molecule has 1 aromatic carbocycles. The molecule has 4 fully saturated rings. The maximum atomic E-state index is 13.6. The Hall–Kier alpha value is -1.70. The van der Waals surface area contributed by atoms with Gasteiger partial charge in [-0.25, -0.2) is 13.2 Å². The number of carbonyl (C=O) groups excluding carboxylic acids is 2. The Kier molecular flexibility index (Phi) is 5.33. The average Bonchev–Trinajstić information content (AvgIpc) is 2.64. The molecule has 152 valence electrons. The number of carbonyl (C=O) groups is 2. The second kappa shape index (κ2) is 7.61. The largest absolute Gasteiger partial charge is 0.346 e. The average molecular weight is 412 g/mol. The summed E-state index contributed by atoms with van der Waals surface area (Å²) in [6.45, 7) is -0.349. The van der Waals surface area contributed by atoms with Gasteiger partial charge in [-0.2, -0.15) is 0 Å². The zero-order chi connectivity index (χ0) is 19.9. The minimum absolute atomic E-state index is 0.211. The highest BCUT2D eigenvalue weighted by atomic mass is 32.2. The molecule has 28 heavy (non-hydrogen) atoms. The van der Waals surface area contributed by atoms with Crippen LogP contribution in [0.3, 0.4) is 0 Å². The van der Waals surface area contributed by atoms with Crippen LogP contribution in [0.2, 0.25) is 0 Å². The van der Waals surface area contributed by atoms with Gasteiger partial charge in [0.1, 0.15) is 0 Å². The Morgan fingerprint density at radius 1 is 0.964 bits per heavy atom. The van der Waals surface area contributed by atoms with Crippen molar-refractivity contribution in [2.24, 2.45) is 17.8 Å². The fraction of sp³-hybridized carbons (Fsp3) is 0.600. The molecule has 0 atom stereocenters. The molecule has 5 rings (SSSR count). The van der Waals surface area contributed by atoms with Gasteiger partial charge in [-0.05, 0) is 68.4 Å². The van der Waals surface area contributed by atoms with E-state index in [1.54, 1.807) is 11.8 Å². The number of hydrogen-bond acceptors (Lipinski definition) is 3. The highest BCUT2D eigenvalue weighted by Gasteiger charge is 2.51. The molecule has 0 spiro atoms. The van der Waals surface area contributed by atoms with Crippen LogP contribution in [-0.4, -0.2) is 28.9 Å². The lowest BCUT2D eigenvalue weighted by atomic mass is 9.56. The van der Waals surface area contributed by atoms with E-state index in [1.807, 2.05) is 0 Å². The molecule has 0 radical (unpaired) electrons. The van der Waals surface area contributed by atoms with E-state index in [1.165, 1.54) is 38.5 Å². The summed E-state index contributed by atoms with van der Waals surface area (Å²) in [7, 11) is 0. The van der Waals surface area contributed by atoms with Crippen LogP contribution < -0.4 is 10.6 Å². The Labute approximate surface area is 166 Å². The summed E-state index contributed by atoms with van der Waals surface area (Å²) in [6.07, 6.45) is 7.58. The van der Waals surface area contributed by atoms with Crippen LogP contribution >= 0.6 is 11.8 Å². The first-order valence-corrected chi connectivity index (χ1v) is 10.7. The topological polar surface area (TPSA) is 58.2 Å². The van der Waals surface area contributed by atoms with Crippen molar-refractivity contribution in [2.45, 2.75) is 43.3 Å². The molecular weight excluding hydrogens is 389 g/mol. The maximum absolute atomic E-state index is 13.6. The lowest BCUT2D eigenvalue weighted by Gasteiger charge is -2.56. The minimum atomic E-state index is -1.64. The van der Waals surface area contributed by atoms with Crippen molar-refractivity contribution in [1.29, 1.82) is 0 Å². The van der Waals surface area contributed by atoms with Crippen molar-refractivity contribution >= 4 is 29.3 Å². The van der Waals surface area contributed by atoms with Gasteiger partial charge in [0.2, 0.25) is 11.8 Å². The van der Waals surface area contributed by atoms with Gasteiger partial charge in [0, 0.05) is 4.75 Å². The Balaban J connectivity index is 1.24. The second-order valence-corrected chi connectivity index (χ2v) is 9.88. The normalized spacial score (nSPS) is 30.3. The number of amides is 2. The standard InChI is InChI=1S/C20H23F3N2O2S/c21-14-1-2-15(19(23)18(14)22)25-16(26)9-24-17(27)10-28-20-6-11-3-12(7-20)5-13(4-11)8-20/h1-2,11-13H,3-10H2,(H,24,27)(H,25,26). The van der Waals surface area contributed by atoms with Gasteiger partial charge < -0.3 is 10.6 Å². The molecule has 2 amide bonds. The van der Waals surface area contributed by atoms with E-state index in [9.17, 15) is 22.8 Å². The molecule has 4 aliphatic rings. The Morgan fingerprint density at radius 3 is 2.18 bits per heavy atom. The van der Waals surface area contributed by atoms with Crippen molar-refractivity contribution in [2.75, 3.05) is 17.6 Å². The molecule has 4 nitrogen and oxygen atoms in total. The number of hydrogen-bond donors (Lipinski definition) is 2. The van der Waals surface area contributed by atoms with Gasteiger partial charge in [0.05, 0.1) is 18.0 Å². The van der Waals surface area contributed by atoms with Gasteiger partial charge >= 0.3 is 0 Å². The number of rotatable bonds is 6. The molecule has 8 heteroatoms. The predicted molar refractivity (Wildman–Crippen MR) is 101 cm³/mol. The van der Waals surface area contributed by atoms with E-state index in [0.717, 1.165) is 29.9 Å². The number of thioether (sulfide) groups is 1. The second-order valence-electron chi connectivity index (χ2n) is 8.44. The third-order valence-corrected chi connectivity index (χ3v) is 7.77. The summed E-state index contributed by atoms with van der Waals surface area (Å²) >= 11 is 1.71. The molecule has 0 heterocycles. The van der Waals surface area contributed by atoms with Crippen molar-refractivity contribution in [3.8, 4) is 0 Å². The van der Waals surface area contributed by atoms with Crippen molar-refractivity contribution < 1.29 is 22.8 Å². The summed E-state index contributed by atoms with van der Waals surface area (Å²) in [6, 6.07) is 1.67. The Morgan fingerprint density at radius 2 is 1.57 bits per heavy atom. The van der Waals surface area contributed by atoms with E-state index in [-0.39, 0.29) is 17.2 Å². The first-order chi connectivity index (χ1) is 13.3. The first-order valence-electron chi connectivity index (χ1n) is 9.67. The van der Waals surface area contributed by atoms with Gasteiger partial charge in [-0.15, -0.1) is 11.8 Å². The van der Waals surface area contributed by atoms with Crippen LogP contribution in [0.5, 0.6) is 0 Å². The molecule has 4 saturated carbocycles. The lowest BCUT2D eigenvalue weighted by Crippen LogP contribution is -2.49. The van der Waals surface area contributed by atoms with E-state index in [0.29, 0.717) is 5.75 Å². The smallest absolute Gasteiger partial charge is 0.243 e. The zero-order valence-electron chi connectivity index (χ0n) is 15.4. The summed E-state index contributed by atoms with van der Waals surface area (Å²) in [5.74, 6) is -2.68. The molecule has 0 saturated heterocycles. The summed E-state index contributed by atoms with van der Waals surface area (Å²) in [5.41, 5.74) is -0.457. The number of anilines is 1. The van der Waals surface area contributed by atoms with Crippen LogP contribution in [0.4, 0.5) is 18.9 Å². The van der Waals surface area contributed by atoms with Gasteiger partial charge in [0.15, 0.2) is 17.5 Å². The molecule has 1 aromatic rings. The number of benzene rings is 1. The summed E-state index contributed by atoms with van der Waals surface area (Å²) in [5, 5.41) is 4.66. The molecule has 4 aliphatic carbocycles. The van der Waals surface area contributed by atoms with E-state index in [4.69, 9.17) is 0 Å². The summed E-state index contributed by atoms with van der Waals surface area (Å²) < 4.78 is 39.9. The van der Waals surface area contributed by atoms with E-state index in [2.05, 4.69) is 10.6 Å². The van der Waals surface area contributed by atoms with Crippen molar-refractivity contribution in [3.05, 3.63) is 29.6 Å². The maximum Gasteiger partial charge on any atom is 0.243 e. The van der Waals surface area contributed by atoms with Crippen LogP contribution in [0.15, 0.2) is 12.1 Å². The van der Waals surface area contributed by atoms with Crippen LogP contribution in [0, 0.1) is 35.2 Å². The highest BCUT2D eigenvalue weighted by molar-refractivity contribution is 8.01. The monoisotopic (exact) mass is 412 g/mol. The van der Waals surface area contributed by atoms with Gasteiger partial charge in [0.25, 0.3) is 0 Å².